The highest BCUT2D eigenvalue weighted by Gasteiger charge is 2.32. The number of rotatable bonds is 2. The Morgan fingerprint density at radius 1 is 0.810 bits per heavy atom. The normalized spacial score (nSPS) is 13.8. The molecule has 0 heterocycles. The molecule has 0 radical (unpaired) electrons. The van der Waals surface area contributed by atoms with Gasteiger partial charge in [-0.15, -0.1) is 0 Å². The second-order valence-corrected chi connectivity index (χ2v) is 7.45. The van der Waals surface area contributed by atoms with E-state index in [4.69, 9.17) is 0 Å². The summed E-state index contributed by atoms with van der Waals surface area (Å²) in [5.41, 5.74) is 2.31. The SMILES string of the molecule is O=S(=O)(O)c1ccc2c(c1S(=O)(=O)O)Cc1ccccc1-2. The van der Waals surface area contributed by atoms with Crippen molar-refractivity contribution in [3.05, 3.63) is 47.5 Å². The van der Waals surface area contributed by atoms with Crippen LogP contribution in [-0.4, -0.2) is 25.9 Å². The molecule has 6 nitrogen and oxygen atoms in total. The van der Waals surface area contributed by atoms with Crippen molar-refractivity contribution in [2.24, 2.45) is 0 Å². The first kappa shape index (κ1) is 14.2. The molecule has 2 N–H and O–H groups in total. The van der Waals surface area contributed by atoms with Crippen LogP contribution in [-0.2, 0) is 26.7 Å². The van der Waals surface area contributed by atoms with Crippen LogP contribution in [0.5, 0.6) is 0 Å². The van der Waals surface area contributed by atoms with Gasteiger partial charge in [0.15, 0.2) is 0 Å². The quantitative estimate of drug-likeness (QED) is 0.695. The Balaban J connectivity index is 2.43. The third kappa shape index (κ3) is 2.26. The smallest absolute Gasteiger partial charge is 0.282 e. The van der Waals surface area contributed by atoms with Crippen molar-refractivity contribution in [3.8, 4) is 11.1 Å². The summed E-state index contributed by atoms with van der Waals surface area (Å²) in [6, 6.07) is 9.54. The summed E-state index contributed by atoms with van der Waals surface area (Å²) >= 11 is 0. The highest BCUT2D eigenvalue weighted by Crippen LogP contribution is 2.41. The average molecular weight is 326 g/mol. The van der Waals surface area contributed by atoms with Crippen LogP contribution in [0, 0.1) is 0 Å². The van der Waals surface area contributed by atoms with Crippen molar-refractivity contribution < 1.29 is 25.9 Å². The van der Waals surface area contributed by atoms with E-state index in [0.29, 0.717) is 5.56 Å². The standard InChI is InChI=1S/C13H10O6S2/c14-20(15,16)12-6-5-10-9-4-2-1-3-8(9)7-11(10)13(12)21(17,18)19/h1-6H,7H2,(H,14,15,16)(H,17,18,19). The first-order chi connectivity index (χ1) is 9.69. The van der Waals surface area contributed by atoms with Crippen LogP contribution in [0.15, 0.2) is 46.2 Å². The molecule has 2 aromatic rings. The van der Waals surface area contributed by atoms with Crippen molar-refractivity contribution in [1.29, 1.82) is 0 Å². The van der Waals surface area contributed by atoms with E-state index in [9.17, 15) is 25.9 Å². The maximum Gasteiger partial charge on any atom is 0.296 e. The van der Waals surface area contributed by atoms with E-state index < -0.39 is 30.0 Å². The Morgan fingerprint density at radius 2 is 1.48 bits per heavy atom. The molecule has 0 fully saturated rings. The van der Waals surface area contributed by atoms with Gasteiger partial charge in [-0.25, -0.2) is 0 Å². The Labute approximate surface area is 121 Å². The third-order valence-corrected chi connectivity index (χ3v) is 5.44. The van der Waals surface area contributed by atoms with Crippen LogP contribution < -0.4 is 0 Å². The molecular weight excluding hydrogens is 316 g/mol. The highest BCUT2D eigenvalue weighted by atomic mass is 32.2. The lowest BCUT2D eigenvalue weighted by Crippen LogP contribution is -2.11. The van der Waals surface area contributed by atoms with Crippen molar-refractivity contribution >= 4 is 20.2 Å². The molecule has 21 heavy (non-hydrogen) atoms. The van der Waals surface area contributed by atoms with Crippen molar-refractivity contribution in [2.75, 3.05) is 0 Å². The van der Waals surface area contributed by atoms with Gasteiger partial charge in [-0.05, 0) is 28.3 Å². The van der Waals surface area contributed by atoms with Gasteiger partial charge in [-0.3, -0.25) is 9.11 Å². The fraction of sp³-hybridized carbons (Fsp3) is 0.0769. The van der Waals surface area contributed by atoms with Gasteiger partial charge in [-0.1, -0.05) is 30.3 Å². The van der Waals surface area contributed by atoms with E-state index in [1.165, 1.54) is 6.07 Å². The molecule has 1 aliphatic carbocycles. The molecule has 0 amide bonds. The topological polar surface area (TPSA) is 109 Å². The van der Waals surface area contributed by atoms with Crippen LogP contribution >= 0.6 is 0 Å². The van der Waals surface area contributed by atoms with E-state index in [1.807, 2.05) is 0 Å². The maximum absolute atomic E-state index is 11.6. The number of benzene rings is 2. The van der Waals surface area contributed by atoms with Crippen molar-refractivity contribution in [2.45, 2.75) is 16.2 Å². The molecular formula is C13H10O6S2. The summed E-state index contributed by atoms with van der Waals surface area (Å²) in [7, 11) is -9.56. The largest absolute Gasteiger partial charge is 0.296 e. The molecule has 110 valence electrons. The van der Waals surface area contributed by atoms with Crippen molar-refractivity contribution in [1.82, 2.24) is 0 Å². The van der Waals surface area contributed by atoms with Gasteiger partial charge in [0.2, 0.25) is 0 Å². The fourth-order valence-electron chi connectivity index (χ4n) is 2.65. The minimum absolute atomic E-state index is 0.171. The van der Waals surface area contributed by atoms with Crippen LogP contribution in [0.25, 0.3) is 11.1 Å². The Bertz CT molecular complexity index is 958. The summed E-state index contributed by atoms with van der Waals surface area (Å²) < 4.78 is 64.4. The molecule has 1 aliphatic rings. The predicted octanol–water partition coefficient (Wildman–Crippen LogP) is 1.75. The van der Waals surface area contributed by atoms with Gasteiger partial charge >= 0.3 is 0 Å². The molecule has 0 aliphatic heterocycles. The van der Waals surface area contributed by atoms with Gasteiger partial charge in [0.1, 0.15) is 9.79 Å². The molecule has 3 rings (SSSR count). The van der Waals surface area contributed by atoms with E-state index in [0.717, 1.165) is 17.2 Å². The summed E-state index contributed by atoms with van der Waals surface area (Å²) in [5.74, 6) is 0. The summed E-state index contributed by atoms with van der Waals surface area (Å²) in [6.07, 6.45) is 0.171. The van der Waals surface area contributed by atoms with E-state index in [-0.39, 0.29) is 12.0 Å². The van der Waals surface area contributed by atoms with Crippen LogP contribution in [0.3, 0.4) is 0 Å². The van der Waals surface area contributed by atoms with Crippen molar-refractivity contribution in [3.63, 3.8) is 0 Å². The van der Waals surface area contributed by atoms with Gasteiger partial charge in [-0.2, -0.15) is 16.8 Å². The van der Waals surface area contributed by atoms with Crippen LogP contribution in [0.2, 0.25) is 0 Å². The number of fused-ring (bicyclic) bond motifs is 3. The number of hydrogen-bond donors (Lipinski definition) is 2. The van der Waals surface area contributed by atoms with Gasteiger partial charge in [0.25, 0.3) is 20.2 Å². The van der Waals surface area contributed by atoms with Crippen LogP contribution in [0.4, 0.5) is 0 Å². The first-order valence-corrected chi connectivity index (χ1v) is 8.77. The summed E-state index contributed by atoms with van der Waals surface area (Å²) in [5, 5.41) is 0. The maximum atomic E-state index is 11.6. The molecule has 0 spiro atoms. The number of hydrogen-bond acceptors (Lipinski definition) is 4. The molecule has 2 aromatic carbocycles. The zero-order valence-electron chi connectivity index (χ0n) is 10.5. The van der Waals surface area contributed by atoms with Crippen LogP contribution in [0.1, 0.15) is 11.1 Å². The zero-order chi connectivity index (χ0) is 15.4. The molecule has 0 aromatic heterocycles. The fourth-order valence-corrected chi connectivity index (χ4v) is 4.69. The van der Waals surface area contributed by atoms with E-state index >= 15 is 0 Å². The lowest BCUT2D eigenvalue weighted by molar-refractivity contribution is 0.465. The van der Waals surface area contributed by atoms with Gasteiger partial charge < -0.3 is 0 Å². The minimum Gasteiger partial charge on any atom is -0.282 e. The molecule has 8 heteroatoms. The lowest BCUT2D eigenvalue weighted by Gasteiger charge is -2.10. The molecule has 0 saturated heterocycles. The second-order valence-electron chi connectivity index (χ2n) is 4.70. The average Bonchev–Trinajstić information content (AvgIpc) is 2.73. The lowest BCUT2D eigenvalue weighted by atomic mass is 10.1. The molecule has 0 atom stereocenters. The molecule has 0 saturated carbocycles. The van der Waals surface area contributed by atoms with Gasteiger partial charge in [0, 0.05) is 6.42 Å². The first-order valence-electron chi connectivity index (χ1n) is 5.89. The Hall–Kier alpha value is -1.74. The zero-order valence-corrected chi connectivity index (χ0v) is 12.1. The molecule has 0 unspecified atom stereocenters. The Morgan fingerprint density at radius 3 is 2.10 bits per heavy atom. The molecule has 0 bridgehead atoms. The monoisotopic (exact) mass is 326 g/mol. The highest BCUT2D eigenvalue weighted by molar-refractivity contribution is 7.89. The predicted molar refractivity (Wildman–Crippen MR) is 74.3 cm³/mol. The van der Waals surface area contributed by atoms with Gasteiger partial charge in [0.05, 0.1) is 0 Å². The minimum atomic E-state index is -4.80. The van der Waals surface area contributed by atoms with E-state index in [2.05, 4.69) is 0 Å². The summed E-state index contributed by atoms with van der Waals surface area (Å²) in [6.45, 7) is 0. The second kappa shape index (κ2) is 4.38. The van der Waals surface area contributed by atoms with E-state index in [1.54, 1.807) is 24.3 Å². The Kier molecular flexibility index (Phi) is 2.96. The summed E-state index contributed by atoms with van der Waals surface area (Å²) in [4.78, 5) is -1.56. The third-order valence-electron chi connectivity index (χ3n) is 3.43.